The van der Waals surface area contributed by atoms with E-state index in [2.05, 4.69) is 10.4 Å². The smallest absolute Gasteiger partial charge is 0.271 e. The van der Waals surface area contributed by atoms with Crippen molar-refractivity contribution >= 4 is 29.3 Å². The van der Waals surface area contributed by atoms with E-state index in [9.17, 15) is 9.59 Å². The van der Waals surface area contributed by atoms with Gasteiger partial charge in [0.05, 0.1) is 0 Å². The Labute approximate surface area is 131 Å². The normalized spacial score (nSPS) is 10.4. The molecule has 0 fully saturated rings. The molecular formula is C14H14ClN3O2S. The Balaban J connectivity index is 1.80. The largest absolute Gasteiger partial charge is 0.350 e. The minimum atomic E-state index is -0.290. The summed E-state index contributed by atoms with van der Waals surface area (Å²) in [5.41, 5.74) is -0.0153. The summed E-state index contributed by atoms with van der Waals surface area (Å²) in [7, 11) is 1.51. The fraction of sp³-hybridized carbons (Fsp3) is 0.214. The van der Waals surface area contributed by atoms with Gasteiger partial charge in [-0.15, -0.1) is 11.8 Å². The van der Waals surface area contributed by atoms with Crippen molar-refractivity contribution in [2.24, 2.45) is 7.05 Å². The predicted molar refractivity (Wildman–Crippen MR) is 84.0 cm³/mol. The number of hydrogen-bond donors (Lipinski definition) is 1. The molecule has 0 aliphatic rings. The maximum absolute atomic E-state index is 11.8. The molecule has 5 nitrogen and oxygen atoms in total. The molecule has 1 aromatic carbocycles. The van der Waals surface area contributed by atoms with Crippen LogP contribution in [0.2, 0.25) is 5.02 Å². The van der Waals surface area contributed by atoms with Gasteiger partial charge >= 0.3 is 0 Å². The van der Waals surface area contributed by atoms with Gasteiger partial charge in [0.15, 0.2) is 0 Å². The van der Waals surface area contributed by atoms with E-state index in [0.717, 1.165) is 15.3 Å². The van der Waals surface area contributed by atoms with Crippen LogP contribution in [0.15, 0.2) is 46.1 Å². The average Bonchev–Trinajstić information content (AvgIpc) is 2.48. The van der Waals surface area contributed by atoms with Crippen molar-refractivity contribution in [3.63, 3.8) is 0 Å². The van der Waals surface area contributed by atoms with Crippen LogP contribution < -0.4 is 10.9 Å². The van der Waals surface area contributed by atoms with Crippen LogP contribution in [-0.4, -0.2) is 28.0 Å². The maximum Gasteiger partial charge on any atom is 0.271 e. The predicted octanol–water partition coefficient (Wildman–Crippen LogP) is 1.96. The highest BCUT2D eigenvalue weighted by Gasteiger charge is 2.07. The zero-order valence-corrected chi connectivity index (χ0v) is 12.9. The van der Waals surface area contributed by atoms with Crippen LogP contribution in [-0.2, 0) is 7.05 Å². The highest BCUT2D eigenvalue weighted by atomic mass is 35.5. The highest BCUT2D eigenvalue weighted by molar-refractivity contribution is 7.99. The van der Waals surface area contributed by atoms with Gasteiger partial charge in [0.2, 0.25) is 0 Å². The van der Waals surface area contributed by atoms with E-state index in [1.165, 1.54) is 19.2 Å². The van der Waals surface area contributed by atoms with E-state index in [4.69, 9.17) is 11.6 Å². The Hall–Kier alpha value is -1.79. The standard InChI is InChI=1S/C14H14ClN3O2S/c1-18-13(19)7-6-12(17-18)14(20)16-8-9-21-11-4-2-10(15)3-5-11/h2-7H,8-9H2,1H3,(H,16,20). The van der Waals surface area contributed by atoms with Crippen LogP contribution in [0.1, 0.15) is 10.5 Å². The quantitative estimate of drug-likeness (QED) is 0.675. The fourth-order valence-corrected chi connectivity index (χ4v) is 2.47. The highest BCUT2D eigenvalue weighted by Crippen LogP contribution is 2.19. The van der Waals surface area contributed by atoms with Crippen LogP contribution in [0.4, 0.5) is 0 Å². The number of nitrogens with zero attached hydrogens (tertiary/aromatic N) is 2. The summed E-state index contributed by atoms with van der Waals surface area (Å²) in [5.74, 6) is 0.446. The topological polar surface area (TPSA) is 64.0 Å². The number of nitrogens with one attached hydrogen (secondary N) is 1. The SMILES string of the molecule is Cn1nc(C(=O)NCCSc2ccc(Cl)cc2)ccc1=O. The second-order valence-corrected chi connectivity index (χ2v) is 5.84. The average molecular weight is 324 g/mol. The molecule has 0 atom stereocenters. The number of hydrogen-bond acceptors (Lipinski definition) is 4. The lowest BCUT2D eigenvalue weighted by atomic mass is 10.3. The van der Waals surface area contributed by atoms with Crippen molar-refractivity contribution in [2.75, 3.05) is 12.3 Å². The van der Waals surface area contributed by atoms with Crippen molar-refractivity contribution in [3.05, 3.63) is 57.5 Å². The van der Waals surface area contributed by atoms with E-state index in [0.29, 0.717) is 11.6 Å². The van der Waals surface area contributed by atoms with Crippen LogP contribution in [0.3, 0.4) is 0 Å². The van der Waals surface area contributed by atoms with E-state index in [1.54, 1.807) is 11.8 Å². The van der Waals surface area contributed by atoms with Gasteiger partial charge in [-0.2, -0.15) is 5.10 Å². The molecule has 7 heteroatoms. The van der Waals surface area contributed by atoms with Gasteiger partial charge in [-0.3, -0.25) is 9.59 Å². The molecule has 21 heavy (non-hydrogen) atoms. The molecule has 1 heterocycles. The summed E-state index contributed by atoms with van der Waals surface area (Å²) in [6.07, 6.45) is 0. The molecule has 1 aromatic heterocycles. The molecule has 2 rings (SSSR count). The lowest BCUT2D eigenvalue weighted by Crippen LogP contribution is -2.29. The van der Waals surface area contributed by atoms with Crippen molar-refractivity contribution in [3.8, 4) is 0 Å². The molecule has 0 saturated heterocycles. The number of aromatic nitrogens is 2. The minimum Gasteiger partial charge on any atom is -0.350 e. The number of halogens is 1. The molecule has 0 spiro atoms. The third-order valence-electron chi connectivity index (χ3n) is 2.66. The van der Waals surface area contributed by atoms with Crippen LogP contribution in [0.5, 0.6) is 0 Å². The van der Waals surface area contributed by atoms with Crippen LogP contribution in [0.25, 0.3) is 0 Å². The molecule has 0 radical (unpaired) electrons. The number of thioether (sulfide) groups is 1. The molecule has 0 aliphatic carbocycles. The van der Waals surface area contributed by atoms with E-state index < -0.39 is 0 Å². The number of rotatable bonds is 5. The summed E-state index contributed by atoms with van der Waals surface area (Å²) in [5, 5.41) is 7.36. The molecule has 110 valence electrons. The number of amides is 1. The van der Waals surface area contributed by atoms with E-state index in [-0.39, 0.29) is 17.2 Å². The lowest BCUT2D eigenvalue weighted by molar-refractivity contribution is 0.0949. The van der Waals surface area contributed by atoms with Gasteiger partial charge in [0.25, 0.3) is 11.5 Å². The fourth-order valence-electron chi connectivity index (χ4n) is 1.58. The van der Waals surface area contributed by atoms with Crippen molar-refractivity contribution in [1.82, 2.24) is 15.1 Å². The second-order valence-electron chi connectivity index (χ2n) is 4.24. The summed E-state index contributed by atoms with van der Waals surface area (Å²) in [6.45, 7) is 0.511. The minimum absolute atomic E-state index is 0.230. The Morgan fingerprint density at radius 1 is 1.29 bits per heavy atom. The molecule has 0 aliphatic heterocycles. The summed E-state index contributed by atoms with van der Waals surface area (Å²) in [6, 6.07) is 10.3. The first-order valence-corrected chi connectivity index (χ1v) is 7.63. The Morgan fingerprint density at radius 3 is 2.67 bits per heavy atom. The first-order valence-electron chi connectivity index (χ1n) is 6.27. The number of carbonyl (C=O) groups excluding carboxylic acids is 1. The van der Waals surface area contributed by atoms with Gasteiger partial charge in [-0.25, -0.2) is 4.68 Å². The van der Waals surface area contributed by atoms with Gasteiger partial charge in [-0.05, 0) is 30.3 Å². The van der Waals surface area contributed by atoms with Gasteiger partial charge < -0.3 is 5.32 Å². The van der Waals surface area contributed by atoms with Crippen LogP contribution in [0, 0.1) is 0 Å². The molecule has 0 bridgehead atoms. The van der Waals surface area contributed by atoms with Gasteiger partial charge in [-0.1, -0.05) is 11.6 Å². The molecule has 0 unspecified atom stereocenters. The summed E-state index contributed by atoms with van der Waals surface area (Å²) in [4.78, 5) is 24.1. The third-order valence-corrected chi connectivity index (χ3v) is 3.93. The summed E-state index contributed by atoms with van der Waals surface area (Å²) < 4.78 is 1.14. The first kappa shape index (κ1) is 15.6. The lowest BCUT2D eigenvalue weighted by Gasteiger charge is -2.05. The van der Waals surface area contributed by atoms with E-state index >= 15 is 0 Å². The van der Waals surface area contributed by atoms with Crippen molar-refractivity contribution in [2.45, 2.75) is 4.90 Å². The second kappa shape index (κ2) is 7.28. The third kappa shape index (κ3) is 4.61. The Morgan fingerprint density at radius 2 is 2.00 bits per heavy atom. The Bertz CT molecular complexity index is 685. The first-order chi connectivity index (χ1) is 10.1. The number of benzene rings is 1. The monoisotopic (exact) mass is 323 g/mol. The van der Waals surface area contributed by atoms with Crippen molar-refractivity contribution < 1.29 is 4.79 Å². The molecule has 1 amide bonds. The molecule has 0 saturated carbocycles. The van der Waals surface area contributed by atoms with Crippen molar-refractivity contribution in [1.29, 1.82) is 0 Å². The zero-order valence-electron chi connectivity index (χ0n) is 11.4. The molecule has 2 aromatic rings. The van der Waals surface area contributed by atoms with E-state index in [1.807, 2.05) is 24.3 Å². The Kier molecular flexibility index (Phi) is 5.41. The van der Waals surface area contributed by atoms with Gasteiger partial charge in [0.1, 0.15) is 5.69 Å². The number of aryl methyl sites for hydroxylation is 1. The zero-order chi connectivity index (χ0) is 15.2. The molecule has 1 N–H and O–H groups in total. The van der Waals surface area contributed by atoms with Crippen LogP contribution >= 0.6 is 23.4 Å². The maximum atomic E-state index is 11.8. The van der Waals surface area contributed by atoms with Gasteiger partial charge in [0, 0.05) is 35.3 Å². The number of carbonyl (C=O) groups is 1. The summed E-state index contributed by atoms with van der Waals surface area (Å²) >= 11 is 7.43. The molecular weight excluding hydrogens is 310 g/mol.